The Morgan fingerprint density at radius 3 is 2.58 bits per heavy atom. The Balaban J connectivity index is 2.16. The highest BCUT2D eigenvalue weighted by Crippen LogP contribution is 2.22. The van der Waals surface area contributed by atoms with Gasteiger partial charge in [-0.1, -0.05) is 30.3 Å². The lowest BCUT2D eigenvalue weighted by molar-refractivity contribution is 0.118. The molecule has 0 spiro atoms. The van der Waals surface area contributed by atoms with Crippen molar-refractivity contribution >= 4 is 6.16 Å². The summed E-state index contributed by atoms with van der Waals surface area (Å²) in [6, 6.07) is 9.55. The first-order valence-electron chi connectivity index (χ1n) is 3.74. The van der Waals surface area contributed by atoms with E-state index in [9.17, 15) is 4.79 Å². The van der Waals surface area contributed by atoms with Gasteiger partial charge in [0.2, 0.25) is 0 Å². The fourth-order valence-corrected chi connectivity index (χ4v) is 1.16. The Labute approximate surface area is 69.9 Å². The Hall–Kier alpha value is -1.51. The summed E-state index contributed by atoms with van der Waals surface area (Å²) in [6.07, 6.45) is -0.803. The first-order chi connectivity index (χ1) is 5.86. The molecule has 1 atom stereocenters. The zero-order valence-corrected chi connectivity index (χ0v) is 6.40. The van der Waals surface area contributed by atoms with E-state index < -0.39 is 6.16 Å². The first-order valence-corrected chi connectivity index (χ1v) is 3.74. The van der Waals surface area contributed by atoms with Gasteiger partial charge in [0.15, 0.2) is 6.10 Å². The molecule has 1 aromatic rings. The quantitative estimate of drug-likeness (QED) is 0.594. The van der Waals surface area contributed by atoms with Crippen molar-refractivity contribution < 1.29 is 14.3 Å². The average molecular weight is 164 g/mol. The number of carbonyl (C=O) groups is 1. The smallest absolute Gasteiger partial charge is 0.430 e. The third-order valence-corrected chi connectivity index (χ3v) is 1.76. The van der Waals surface area contributed by atoms with E-state index in [1.165, 1.54) is 0 Å². The molecule has 0 amide bonds. The number of benzene rings is 1. The molecule has 0 aromatic heterocycles. The predicted molar refractivity (Wildman–Crippen MR) is 41.6 cm³/mol. The van der Waals surface area contributed by atoms with Crippen molar-refractivity contribution in [2.24, 2.45) is 0 Å². The van der Waals surface area contributed by atoms with Gasteiger partial charge in [-0.25, -0.2) is 4.79 Å². The van der Waals surface area contributed by atoms with Crippen LogP contribution in [0.4, 0.5) is 4.79 Å². The number of carbonyl (C=O) groups excluding carboxylic acids is 1. The van der Waals surface area contributed by atoms with Crippen molar-refractivity contribution in [3.05, 3.63) is 35.9 Å². The predicted octanol–water partition coefficient (Wildman–Crippen LogP) is 1.89. The molecule has 1 saturated heterocycles. The molecule has 3 nitrogen and oxygen atoms in total. The van der Waals surface area contributed by atoms with E-state index >= 15 is 0 Å². The number of ether oxygens (including phenoxy) is 2. The molecule has 0 unspecified atom stereocenters. The second-order valence-corrected chi connectivity index (χ2v) is 2.58. The van der Waals surface area contributed by atoms with Gasteiger partial charge in [-0.2, -0.15) is 0 Å². The van der Waals surface area contributed by atoms with Crippen LogP contribution < -0.4 is 0 Å². The van der Waals surface area contributed by atoms with Crippen LogP contribution in [0.5, 0.6) is 0 Å². The first kappa shape index (κ1) is 7.16. The highest BCUT2D eigenvalue weighted by Gasteiger charge is 2.25. The molecule has 1 aromatic carbocycles. The molecule has 0 N–H and O–H groups in total. The second-order valence-electron chi connectivity index (χ2n) is 2.58. The summed E-state index contributed by atoms with van der Waals surface area (Å²) >= 11 is 0. The minimum atomic E-state index is -0.580. The van der Waals surface area contributed by atoms with Crippen LogP contribution in [0, 0.1) is 0 Å². The van der Waals surface area contributed by atoms with Gasteiger partial charge in [0.1, 0.15) is 6.61 Å². The fourth-order valence-electron chi connectivity index (χ4n) is 1.16. The number of cyclic esters (lactones) is 2. The number of rotatable bonds is 1. The maximum absolute atomic E-state index is 10.6. The minimum absolute atomic E-state index is 0.223. The van der Waals surface area contributed by atoms with E-state index in [-0.39, 0.29) is 6.10 Å². The van der Waals surface area contributed by atoms with E-state index in [0.29, 0.717) is 6.61 Å². The summed E-state index contributed by atoms with van der Waals surface area (Å²) in [4.78, 5) is 10.6. The number of hydrogen-bond acceptors (Lipinski definition) is 3. The van der Waals surface area contributed by atoms with E-state index in [0.717, 1.165) is 5.56 Å². The maximum atomic E-state index is 10.6. The molecule has 0 saturated carbocycles. The van der Waals surface area contributed by atoms with E-state index in [2.05, 4.69) is 4.74 Å². The van der Waals surface area contributed by atoms with Crippen LogP contribution >= 0.6 is 0 Å². The summed E-state index contributed by atoms with van der Waals surface area (Å²) in [6.45, 7) is 0.322. The third kappa shape index (κ3) is 1.25. The van der Waals surface area contributed by atoms with Crippen LogP contribution in [0.3, 0.4) is 0 Å². The van der Waals surface area contributed by atoms with Gasteiger partial charge >= 0.3 is 6.16 Å². The SMILES string of the molecule is O=C1OC[C@@H](c2ccccc2)O1. The summed E-state index contributed by atoms with van der Waals surface area (Å²) in [5, 5.41) is 0. The van der Waals surface area contributed by atoms with Crippen LogP contribution in [-0.4, -0.2) is 12.8 Å². The Bertz CT molecular complexity index is 281. The Morgan fingerprint density at radius 2 is 2.00 bits per heavy atom. The van der Waals surface area contributed by atoms with Gasteiger partial charge in [0.25, 0.3) is 0 Å². The van der Waals surface area contributed by atoms with Crippen molar-refractivity contribution in [3.63, 3.8) is 0 Å². The summed E-state index contributed by atoms with van der Waals surface area (Å²) in [5.41, 5.74) is 0.975. The molecular weight excluding hydrogens is 156 g/mol. The van der Waals surface area contributed by atoms with Crippen molar-refractivity contribution in [1.82, 2.24) is 0 Å². The van der Waals surface area contributed by atoms with Crippen LogP contribution in [0.25, 0.3) is 0 Å². The lowest BCUT2D eigenvalue weighted by atomic mass is 10.1. The van der Waals surface area contributed by atoms with Crippen LogP contribution in [0.2, 0.25) is 0 Å². The van der Waals surface area contributed by atoms with Gasteiger partial charge in [-0.15, -0.1) is 0 Å². The van der Waals surface area contributed by atoms with Gasteiger partial charge in [0, 0.05) is 0 Å². The summed E-state index contributed by atoms with van der Waals surface area (Å²) in [7, 11) is 0. The molecule has 12 heavy (non-hydrogen) atoms. The molecule has 3 heteroatoms. The van der Waals surface area contributed by atoms with E-state index in [1.807, 2.05) is 30.3 Å². The lowest BCUT2D eigenvalue weighted by Crippen LogP contribution is -1.99. The Morgan fingerprint density at radius 1 is 1.25 bits per heavy atom. The standard InChI is InChI=1S/C9H8O3/c10-9-11-6-8(12-9)7-4-2-1-3-5-7/h1-5,8H,6H2/t8-/m0/s1. The van der Waals surface area contributed by atoms with Gasteiger partial charge in [-0.3, -0.25) is 0 Å². The van der Waals surface area contributed by atoms with Gasteiger partial charge in [0.05, 0.1) is 0 Å². The number of hydrogen-bond donors (Lipinski definition) is 0. The van der Waals surface area contributed by atoms with E-state index in [1.54, 1.807) is 0 Å². The third-order valence-electron chi connectivity index (χ3n) is 1.76. The van der Waals surface area contributed by atoms with Crippen LogP contribution in [0.15, 0.2) is 30.3 Å². The van der Waals surface area contributed by atoms with Crippen LogP contribution in [-0.2, 0) is 9.47 Å². The van der Waals surface area contributed by atoms with Gasteiger partial charge in [-0.05, 0) is 5.56 Å². The maximum Gasteiger partial charge on any atom is 0.509 e. The molecule has 0 bridgehead atoms. The van der Waals surface area contributed by atoms with Crippen molar-refractivity contribution in [1.29, 1.82) is 0 Å². The molecule has 1 aliphatic rings. The lowest BCUT2D eigenvalue weighted by Gasteiger charge is -2.04. The normalized spacial score (nSPS) is 21.7. The molecular formula is C9H8O3. The topological polar surface area (TPSA) is 35.5 Å². The Kier molecular flexibility index (Phi) is 1.70. The molecule has 0 aliphatic carbocycles. The molecule has 0 radical (unpaired) electrons. The van der Waals surface area contributed by atoms with Crippen LogP contribution in [0.1, 0.15) is 11.7 Å². The molecule has 1 heterocycles. The molecule has 1 fully saturated rings. The highest BCUT2D eigenvalue weighted by atomic mass is 16.8. The average Bonchev–Trinajstić information content (AvgIpc) is 2.54. The zero-order valence-electron chi connectivity index (χ0n) is 6.40. The largest absolute Gasteiger partial charge is 0.509 e. The van der Waals surface area contributed by atoms with Gasteiger partial charge < -0.3 is 9.47 Å². The monoisotopic (exact) mass is 164 g/mol. The summed E-state index contributed by atoms with van der Waals surface area (Å²) < 4.78 is 9.54. The second kappa shape index (κ2) is 2.85. The zero-order chi connectivity index (χ0) is 8.39. The highest BCUT2D eigenvalue weighted by molar-refractivity contribution is 5.62. The molecule has 62 valence electrons. The minimum Gasteiger partial charge on any atom is -0.430 e. The van der Waals surface area contributed by atoms with E-state index in [4.69, 9.17) is 4.74 Å². The molecule has 2 rings (SSSR count). The fraction of sp³-hybridized carbons (Fsp3) is 0.222. The summed E-state index contributed by atoms with van der Waals surface area (Å²) in [5.74, 6) is 0. The van der Waals surface area contributed by atoms with Crippen molar-refractivity contribution in [2.45, 2.75) is 6.10 Å². The van der Waals surface area contributed by atoms with Crippen molar-refractivity contribution in [3.8, 4) is 0 Å². The van der Waals surface area contributed by atoms with Crippen molar-refractivity contribution in [2.75, 3.05) is 6.61 Å². The molecule has 1 aliphatic heterocycles.